The third kappa shape index (κ3) is 5.43. The van der Waals surface area contributed by atoms with Crippen LogP contribution in [-0.4, -0.2) is 16.8 Å². The van der Waals surface area contributed by atoms with Crippen molar-refractivity contribution in [1.82, 2.24) is 10.3 Å². The Hall–Kier alpha value is -3.93. The number of rotatable bonds is 4. The van der Waals surface area contributed by atoms with Gasteiger partial charge in [-0.2, -0.15) is 5.26 Å². The van der Waals surface area contributed by atoms with E-state index in [-0.39, 0.29) is 11.8 Å². The molecule has 2 N–H and O–H groups in total. The summed E-state index contributed by atoms with van der Waals surface area (Å²) >= 11 is 2.99. The van der Waals surface area contributed by atoms with E-state index in [1.54, 1.807) is 36.5 Å². The summed E-state index contributed by atoms with van der Waals surface area (Å²) < 4.78 is 0. The number of fused-ring (bicyclic) bond motifs is 2. The number of amides is 2. The lowest BCUT2D eigenvalue weighted by molar-refractivity contribution is 0.0949. The van der Waals surface area contributed by atoms with Crippen LogP contribution < -0.4 is 10.6 Å². The van der Waals surface area contributed by atoms with Crippen LogP contribution >= 0.6 is 23.1 Å². The molecule has 5 rings (SSSR count). The molecule has 0 bridgehead atoms. The van der Waals surface area contributed by atoms with E-state index in [1.807, 2.05) is 50.2 Å². The molecule has 0 radical (unpaired) electrons. The number of carbonyl (C=O) groups excluding carboxylic acids is 2. The first-order valence-electron chi connectivity index (χ1n) is 11.1. The minimum absolute atomic E-state index is 0.186. The molecule has 1 aromatic heterocycles. The molecule has 2 heterocycles. The van der Waals surface area contributed by atoms with Crippen molar-refractivity contribution >= 4 is 40.6 Å². The van der Waals surface area contributed by atoms with Crippen LogP contribution in [0.5, 0.6) is 0 Å². The Labute approximate surface area is 212 Å². The predicted molar refractivity (Wildman–Crippen MR) is 140 cm³/mol. The Morgan fingerprint density at radius 1 is 1.06 bits per heavy atom. The van der Waals surface area contributed by atoms with Gasteiger partial charge in [0, 0.05) is 32.0 Å². The zero-order chi connectivity index (χ0) is 24.8. The highest BCUT2D eigenvalue weighted by Crippen LogP contribution is 2.39. The fourth-order valence-corrected chi connectivity index (χ4v) is 5.26. The Kier molecular flexibility index (Phi) is 7.60. The summed E-state index contributed by atoms with van der Waals surface area (Å²) in [4.78, 5) is 32.4. The van der Waals surface area contributed by atoms with Crippen molar-refractivity contribution in [3.05, 3.63) is 94.5 Å². The van der Waals surface area contributed by atoms with E-state index >= 15 is 0 Å². The lowest BCUT2D eigenvalue weighted by atomic mass is 10.1. The first-order valence-corrected chi connectivity index (χ1v) is 12.7. The maximum atomic E-state index is 12.8. The number of aromatic nitrogens is 1. The summed E-state index contributed by atoms with van der Waals surface area (Å²) in [7, 11) is 0. The fourth-order valence-electron chi connectivity index (χ4n) is 3.39. The smallest absolute Gasteiger partial charge is 0.256 e. The van der Waals surface area contributed by atoms with Crippen molar-refractivity contribution in [1.29, 1.82) is 5.26 Å². The lowest BCUT2D eigenvalue weighted by Gasteiger charge is -2.09. The van der Waals surface area contributed by atoms with Crippen LogP contribution in [0, 0.1) is 11.3 Å². The maximum absolute atomic E-state index is 12.8. The minimum atomic E-state index is -0.230. The number of nitrogens with zero attached hydrogens (tertiary/aromatic N) is 2. The molecule has 0 spiro atoms. The first kappa shape index (κ1) is 24.2. The van der Waals surface area contributed by atoms with Crippen molar-refractivity contribution in [2.75, 3.05) is 5.32 Å². The van der Waals surface area contributed by atoms with Gasteiger partial charge in [0.1, 0.15) is 5.01 Å². The molecule has 1 aliphatic rings. The van der Waals surface area contributed by atoms with Crippen molar-refractivity contribution in [3.8, 4) is 16.6 Å². The van der Waals surface area contributed by atoms with Gasteiger partial charge in [0.15, 0.2) is 0 Å². The van der Waals surface area contributed by atoms with Gasteiger partial charge in [-0.15, -0.1) is 11.3 Å². The second-order valence-corrected chi connectivity index (χ2v) is 9.47. The highest BCUT2D eigenvalue weighted by molar-refractivity contribution is 7.99. The van der Waals surface area contributed by atoms with Crippen LogP contribution in [0.1, 0.15) is 45.0 Å². The van der Waals surface area contributed by atoms with Crippen LogP contribution in [0.4, 0.5) is 5.69 Å². The van der Waals surface area contributed by atoms with Gasteiger partial charge in [0.2, 0.25) is 0 Å². The van der Waals surface area contributed by atoms with Crippen LogP contribution in [0.15, 0.2) is 82.7 Å². The SMILES string of the molecule is CC.N#Cc1ccc(-c2ncc(CNC(=O)c3ccc4c(c3)NC(=O)c3ccccc3S4)s2)cc1. The molecule has 3 aromatic carbocycles. The molecule has 0 atom stereocenters. The van der Waals surface area contributed by atoms with E-state index in [0.717, 1.165) is 25.2 Å². The molecular weight excluding hydrogens is 476 g/mol. The Morgan fingerprint density at radius 3 is 2.60 bits per heavy atom. The zero-order valence-corrected chi connectivity index (χ0v) is 20.8. The molecule has 6 nitrogen and oxygen atoms in total. The largest absolute Gasteiger partial charge is 0.347 e. The number of thiazole rings is 1. The second kappa shape index (κ2) is 11.0. The highest BCUT2D eigenvalue weighted by Gasteiger charge is 2.20. The molecule has 0 aliphatic carbocycles. The van der Waals surface area contributed by atoms with Gasteiger partial charge in [0.05, 0.1) is 29.4 Å². The van der Waals surface area contributed by atoms with E-state index in [0.29, 0.717) is 28.9 Å². The van der Waals surface area contributed by atoms with Crippen molar-refractivity contribution in [2.45, 2.75) is 30.2 Å². The number of hydrogen-bond acceptors (Lipinski definition) is 6. The second-order valence-electron chi connectivity index (χ2n) is 7.27. The molecule has 2 amide bonds. The van der Waals surface area contributed by atoms with E-state index in [2.05, 4.69) is 21.7 Å². The van der Waals surface area contributed by atoms with Gasteiger partial charge >= 0.3 is 0 Å². The van der Waals surface area contributed by atoms with E-state index < -0.39 is 0 Å². The predicted octanol–water partition coefficient (Wildman–Crippen LogP) is 6.35. The number of nitriles is 1. The zero-order valence-electron chi connectivity index (χ0n) is 19.2. The summed E-state index contributed by atoms with van der Waals surface area (Å²) in [6.07, 6.45) is 1.74. The number of anilines is 1. The molecule has 0 saturated carbocycles. The molecule has 0 saturated heterocycles. The molecule has 1 aliphatic heterocycles. The lowest BCUT2D eigenvalue weighted by Crippen LogP contribution is -2.22. The van der Waals surface area contributed by atoms with E-state index in [9.17, 15) is 9.59 Å². The average molecular weight is 499 g/mol. The quantitative estimate of drug-likeness (QED) is 0.342. The third-order valence-corrected chi connectivity index (χ3v) is 7.28. The molecule has 0 fully saturated rings. The monoisotopic (exact) mass is 498 g/mol. The Morgan fingerprint density at radius 2 is 1.83 bits per heavy atom. The van der Waals surface area contributed by atoms with Gasteiger partial charge in [-0.3, -0.25) is 9.59 Å². The molecule has 0 unspecified atom stereocenters. The van der Waals surface area contributed by atoms with Gasteiger partial charge in [-0.05, 0) is 42.5 Å². The highest BCUT2D eigenvalue weighted by atomic mass is 32.2. The summed E-state index contributed by atoms with van der Waals surface area (Å²) in [6, 6.07) is 22.1. The Balaban J connectivity index is 0.00000141. The minimum Gasteiger partial charge on any atom is -0.347 e. The van der Waals surface area contributed by atoms with Gasteiger partial charge in [-0.1, -0.05) is 49.9 Å². The van der Waals surface area contributed by atoms with Crippen LogP contribution in [0.3, 0.4) is 0 Å². The number of hydrogen-bond donors (Lipinski definition) is 2. The van der Waals surface area contributed by atoms with Crippen molar-refractivity contribution < 1.29 is 9.59 Å². The molecule has 35 heavy (non-hydrogen) atoms. The normalized spacial score (nSPS) is 11.5. The van der Waals surface area contributed by atoms with Crippen LogP contribution in [-0.2, 0) is 6.54 Å². The number of nitrogens with one attached hydrogen (secondary N) is 2. The standard InChI is InChI=1S/C25H16N4O2S2.C2H6/c26-12-15-5-7-16(8-6-15)25-28-14-18(32-25)13-27-23(30)17-9-10-22-20(11-17)29-24(31)19-3-1-2-4-21(19)33-22;1-2/h1-11,14H,13H2,(H,27,30)(H,29,31);1-2H3. The molecule has 4 aromatic rings. The number of carbonyl (C=O) groups is 2. The van der Waals surface area contributed by atoms with E-state index in [1.165, 1.54) is 23.1 Å². The molecular formula is C27H22N4O2S2. The average Bonchev–Trinajstić information content (AvgIpc) is 3.33. The third-order valence-electron chi connectivity index (χ3n) is 5.08. The summed E-state index contributed by atoms with van der Waals surface area (Å²) in [5, 5.41) is 15.6. The van der Waals surface area contributed by atoms with Crippen LogP contribution in [0.25, 0.3) is 10.6 Å². The van der Waals surface area contributed by atoms with Gasteiger partial charge < -0.3 is 10.6 Å². The van der Waals surface area contributed by atoms with Gasteiger partial charge in [0.25, 0.3) is 11.8 Å². The number of benzene rings is 3. The molecule has 8 heteroatoms. The molecule has 174 valence electrons. The van der Waals surface area contributed by atoms with Gasteiger partial charge in [-0.25, -0.2) is 4.98 Å². The fraction of sp³-hybridized carbons (Fsp3) is 0.111. The summed E-state index contributed by atoms with van der Waals surface area (Å²) in [6.45, 7) is 4.34. The van der Waals surface area contributed by atoms with E-state index in [4.69, 9.17) is 5.26 Å². The summed E-state index contributed by atoms with van der Waals surface area (Å²) in [5.41, 5.74) is 3.23. The van der Waals surface area contributed by atoms with Crippen molar-refractivity contribution in [3.63, 3.8) is 0 Å². The first-order chi connectivity index (χ1) is 17.1. The Bertz CT molecular complexity index is 1420. The van der Waals surface area contributed by atoms with Crippen molar-refractivity contribution in [2.24, 2.45) is 0 Å². The van der Waals surface area contributed by atoms with Crippen LogP contribution in [0.2, 0.25) is 0 Å². The summed E-state index contributed by atoms with van der Waals surface area (Å²) in [5.74, 6) is -0.415. The maximum Gasteiger partial charge on any atom is 0.256 e. The topological polar surface area (TPSA) is 94.9 Å².